The van der Waals surface area contributed by atoms with Gasteiger partial charge in [0.2, 0.25) is 5.89 Å². The van der Waals surface area contributed by atoms with E-state index in [4.69, 9.17) is 9.40 Å². The van der Waals surface area contributed by atoms with Crippen molar-refractivity contribution < 1.29 is 24.2 Å². The number of aliphatic hydroxyl groups excluding tert-OH is 1. The highest BCUT2D eigenvalue weighted by Crippen LogP contribution is 2.37. The number of fused-ring (bicyclic) bond motifs is 2. The molecular formula is C36H34N6O5. The monoisotopic (exact) mass is 630 g/mol. The Morgan fingerprint density at radius 3 is 2.55 bits per heavy atom. The predicted molar refractivity (Wildman–Crippen MR) is 174 cm³/mol. The minimum atomic E-state index is -0.778. The van der Waals surface area contributed by atoms with E-state index in [1.54, 1.807) is 16.8 Å². The summed E-state index contributed by atoms with van der Waals surface area (Å²) < 4.78 is 7.92. The van der Waals surface area contributed by atoms with Gasteiger partial charge in [-0.15, -0.1) is 0 Å². The third kappa shape index (κ3) is 5.67. The van der Waals surface area contributed by atoms with Crippen molar-refractivity contribution in [2.45, 2.75) is 52.3 Å². The second kappa shape index (κ2) is 12.1. The van der Waals surface area contributed by atoms with Crippen molar-refractivity contribution in [2.75, 3.05) is 18.4 Å². The van der Waals surface area contributed by atoms with Gasteiger partial charge in [-0.05, 0) is 97.8 Å². The fourth-order valence-corrected chi connectivity index (χ4v) is 6.80. The first kappa shape index (κ1) is 30.3. The summed E-state index contributed by atoms with van der Waals surface area (Å²) in [4.78, 5) is 31.5. The van der Waals surface area contributed by atoms with Crippen LogP contribution in [-0.4, -0.2) is 54.8 Å². The van der Waals surface area contributed by atoms with Crippen LogP contribution in [0.25, 0.3) is 33.7 Å². The average molecular weight is 631 g/mol. The van der Waals surface area contributed by atoms with Crippen LogP contribution >= 0.6 is 0 Å². The summed E-state index contributed by atoms with van der Waals surface area (Å²) in [5.41, 5.74) is 8.30. The molecule has 0 aliphatic carbocycles. The van der Waals surface area contributed by atoms with E-state index in [1.165, 1.54) is 0 Å². The van der Waals surface area contributed by atoms with Gasteiger partial charge in [0.25, 0.3) is 5.91 Å². The maximum absolute atomic E-state index is 13.2. The molecule has 11 nitrogen and oxygen atoms in total. The van der Waals surface area contributed by atoms with Crippen LogP contribution in [0.1, 0.15) is 63.8 Å². The molecule has 1 fully saturated rings. The molecule has 47 heavy (non-hydrogen) atoms. The maximum atomic E-state index is 13.2. The zero-order valence-electron chi connectivity index (χ0n) is 26.2. The molecule has 0 saturated carbocycles. The molecule has 3 aromatic carbocycles. The van der Waals surface area contributed by atoms with Crippen LogP contribution in [0.2, 0.25) is 0 Å². The Bertz CT molecular complexity index is 2090. The SMILES string of the molecule is Cc1c(NC(=O)c2cc3n(n2)CCCC3O)cccc1-c1cccc(-c2nc3cc(CN4CC[C@@H](C(=O)O)C4)cc(C#N)c3o2)c1C. The van der Waals surface area contributed by atoms with Crippen molar-refractivity contribution in [1.82, 2.24) is 19.7 Å². The van der Waals surface area contributed by atoms with Crippen molar-refractivity contribution in [1.29, 1.82) is 5.26 Å². The first-order valence-corrected chi connectivity index (χ1v) is 15.8. The van der Waals surface area contributed by atoms with E-state index in [1.807, 2.05) is 56.3 Å². The van der Waals surface area contributed by atoms with E-state index in [2.05, 4.69) is 21.4 Å². The van der Waals surface area contributed by atoms with E-state index < -0.39 is 12.1 Å². The first-order valence-electron chi connectivity index (χ1n) is 15.8. The van der Waals surface area contributed by atoms with Crippen LogP contribution in [0.5, 0.6) is 0 Å². The van der Waals surface area contributed by atoms with Crippen LogP contribution in [0.4, 0.5) is 5.69 Å². The molecule has 1 unspecified atom stereocenters. The Morgan fingerprint density at radius 2 is 1.81 bits per heavy atom. The van der Waals surface area contributed by atoms with E-state index in [0.717, 1.165) is 39.8 Å². The van der Waals surface area contributed by atoms with Crippen molar-refractivity contribution >= 4 is 28.7 Å². The van der Waals surface area contributed by atoms with E-state index in [9.17, 15) is 25.1 Å². The second-order valence-corrected chi connectivity index (χ2v) is 12.4. The largest absolute Gasteiger partial charge is 0.481 e. The molecule has 0 radical (unpaired) electrons. The summed E-state index contributed by atoms with van der Waals surface area (Å²) in [6.07, 6.45) is 1.47. The van der Waals surface area contributed by atoms with Gasteiger partial charge < -0.3 is 19.9 Å². The van der Waals surface area contributed by atoms with Crippen LogP contribution in [0, 0.1) is 31.1 Å². The van der Waals surface area contributed by atoms with Gasteiger partial charge in [-0.25, -0.2) is 4.98 Å². The van der Waals surface area contributed by atoms with Gasteiger partial charge in [0.15, 0.2) is 11.3 Å². The molecule has 0 spiro atoms. The number of carbonyl (C=O) groups is 2. The van der Waals surface area contributed by atoms with Crippen LogP contribution in [0.15, 0.2) is 59.0 Å². The Balaban J connectivity index is 1.17. The van der Waals surface area contributed by atoms with Gasteiger partial charge >= 0.3 is 5.97 Å². The number of hydrogen-bond donors (Lipinski definition) is 3. The molecular weight excluding hydrogens is 596 g/mol. The first-order chi connectivity index (χ1) is 22.7. The number of amides is 1. The van der Waals surface area contributed by atoms with Crippen LogP contribution in [-0.2, 0) is 17.9 Å². The highest BCUT2D eigenvalue weighted by molar-refractivity contribution is 6.04. The topological polar surface area (TPSA) is 158 Å². The zero-order chi connectivity index (χ0) is 32.8. The Kier molecular flexibility index (Phi) is 7.83. The summed E-state index contributed by atoms with van der Waals surface area (Å²) in [5, 5.41) is 37.0. The molecule has 2 aliphatic rings. The smallest absolute Gasteiger partial charge is 0.307 e. The molecule has 2 aromatic heterocycles. The number of aliphatic hydroxyl groups is 1. The quantitative estimate of drug-likeness (QED) is 0.201. The number of aromatic nitrogens is 3. The molecule has 2 atom stereocenters. The molecule has 4 heterocycles. The van der Waals surface area contributed by atoms with Gasteiger partial charge in [-0.2, -0.15) is 10.4 Å². The lowest BCUT2D eigenvalue weighted by Gasteiger charge is -2.18. The number of aliphatic carboxylic acids is 1. The number of nitriles is 1. The number of anilines is 1. The Hall–Kier alpha value is -5.31. The fourth-order valence-electron chi connectivity index (χ4n) is 6.80. The number of carbonyl (C=O) groups excluding carboxylic acids is 1. The molecule has 1 saturated heterocycles. The lowest BCUT2D eigenvalue weighted by molar-refractivity contribution is -0.141. The zero-order valence-corrected chi connectivity index (χ0v) is 26.2. The van der Waals surface area contributed by atoms with Crippen molar-refractivity contribution in [2.24, 2.45) is 5.92 Å². The molecule has 7 rings (SSSR count). The maximum Gasteiger partial charge on any atom is 0.307 e. The number of nitrogens with zero attached hydrogens (tertiary/aromatic N) is 5. The lowest BCUT2D eigenvalue weighted by Crippen LogP contribution is -2.22. The number of rotatable bonds is 7. The number of aryl methyl sites for hydroxylation is 1. The Morgan fingerprint density at radius 1 is 1.04 bits per heavy atom. The summed E-state index contributed by atoms with van der Waals surface area (Å²) in [6, 6.07) is 19.2. The van der Waals surface area contributed by atoms with Gasteiger partial charge in [-0.1, -0.05) is 24.3 Å². The normalized spacial score (nSPS) is 17.8. The molecule has 3 N–H and O–H groups in total. The van der Waals surface area contributed by atoms with E-state index >= 15 is 0 Å². The summed E-state index contributed by atoms with van der Waals surface area (Å²) in [7, 11) is 0. The number of likely N-dealkylation sites (tertiary alicyclic amines) is 1. The van der Waals surface area contributed by atoms with Crippen molar-refractivity contribution in [3.8, 4) is 28.7 Å². The molecule has 238 valence electrons. The van der Waals surface area contributed by atoms with Crippen LogP contribution in [0.3, 0.4) is 0 Å². The predicted octanol–water partition coefficient (Wildman–Crippen LogP) is 5.83. The highest BCUT2D eigenvalue weighted by Gasteiger charge is 2.28. The number of benzene rings is 3. The molecule has 5 aromatic rings. The van der Waals surface area contributed by atoms with E-state index in [0.29, 0.717) is 73.0 Å². The minimum Gasteiger partial charge on any atom is -0.481 e. The standard InChI is InChI=1S/C36H34N6O5/c1-20-25(26-7-4-9-28(21(26)2)38-34(44)30-16-31-32(43)10-5-12-42(31)40-30)6-3-8-27(20)35-39-29-15-22(14-24(17-37)33(29)47-35)18-41-13-11-23(19-41)36(45)46/h3-4,6-9,14-16,23,32,43H,5,10-13,18-19H2,1-2H3,(H,38,44)(H,45,46)/t23-,32?/m1/s1. The fraction of sp³-hybridized carbons (Fsp3) is 0.306. The third-order valence-electron chi connectivity index (χ3n) is 9.37. The van der Waals surface area contributed by atoms with Gasteiger partial charge in [0.05, 0.1) is 23.3 Å². The second-order valence-electron chi connectivity index (χ2n) is 12.4. The van der Waals surface area contributed by atoms with Crippen molar-refractivity contribution in [3.05, 3.63) is 88.2 Å². The summed E-state index contributed by atoms with van der Waals surface area (Å²) in [5.74, 6) is -1.09. The van der Waals surface area contributed by atoms with Crippen molar-refractivity contribution in [3.63, 3.8) is 0 Å². The van der Waals surface area contributed by atoms with Gasteiger partial charge in [0, 0.05) is 30.9 Å². The minimum absolute atomic E-state index is 0.268. The molecule has 0 bridgehead atoms. The summed E-state index contributed by atoms with van der Waals surface area (Å²) >= 11 is 0. The molecule has 1 amide bonds. The number of hydrogen-bond acceptors (Lipinski definition) is 8. The lowest BCUT2D eigenvalue weighted by atomic mass is 9.93. The number of carboxylic acid groups (broad SMARTS) is 1. The van der Waals surface area contributed by atoms with Gasteiger partial charge in [0.1, 0.15) is 11.6 Å². The summed E-state index contributed by atoms with van der Waals surface area (Å²) in [6.45, 7) is 6.32. The average Bonchev–Trinajstić information content (AvgIpc) is 3.81. The number of oxazole rings is 1. The van der Waals surface area contributed by atoms with Gasteiger partial charge in [-0.3, -0.25) is 19.2 Å². The Labute approximate surface area is 271 Å². The number of nitrogens with one attached hydrogen (secondary N) is 1. The third-order valence-corrected chi connectivity index (χ3v) is 9.37. The highest BCUT2D eigenvalue weighted by atomic mass is 16.4. The van der Waals surface area contributed by atoms with Crippen LogP contribution < -0.4 is 5.32 Å². The molecule has 11 heteroatoms. The molecule has 2 aliphatic heterocycles. The number of carboxylic acids is 1. The van der Waals surface area contributed by atoms with E-state index in [-0.39, 0.29) is 17.5 Å².